The smallest absolute Gasteiger partial charge is 0.153 e. The maximum Gasteiger partial charge on any atom is 0.153 e. The molecule has 0 aromatic heterocycles. The van der Waals surface area contributed by atoms with E-state index in [0.29, 0.717) is 21.9 Å². The van der Waals surface area contributed by atoms with Gasteiger partial charge in [0, 0.05) is 5.56 Å². The summed E-state index contributed by atoms with van der Waals surface area (Å²) in [5.41, 5.74) is 0.175. The van der Waals surface area contributed by atoms with Crippen LogP contribution in [0.5, 0.6) is 0 Å². The highest BCUT2D eigenvalue weighted by molar-refractivity contribution is 6.43. The molecule has 0 radical (unpaired) electrons. The first kappa shape index (κ1) is 16.3. The second-order valence-electron chi connectivity index (χ2n) is 3.54. The van der Waals surface area contributed by atoms with Crippen molar-refractivity contribution in [3.8, 4) is 0 Å². The van der Waals surface area contributed by atoms with E-state index in [4.69, 9.17) is 23.2 Å². The molecule has 2 aromatic carbocycles. The fourth-order valence-corrected chi connectivity index (χ4v) is 1.57. The van der Waals surface area contributed by atoms with Crippen molar-refractivity contribution in [2.75, 3.05) is 0 Å². The molecule has 0 heterocycles. The van der Waals surface area contributed by atoms with E-state index in [2.05, 4.69) is 0 Å². The van der Waals surface area contributed by atoms with Gasteiger partial charge in [0.1, 0.15) is 11.6 Å². The van der Waals surface area contributed by atoms with Crippen molar-refractivity contribution in [1.82, 2.24) is 0 Å². The third-order valence-electron chi connectivity index (χ3n) is 2.19. The van der Waals surface area contributed by atoms with E-state index in [-0.39, 0.29) is 11.8 Å². The molecule has 104 valence electrons. The molecule has 2 aromatic rings. The van der Waals surface area contributed by atoms with Crippen LogP contribution in [0.3, 0.4) is 0 Å². The van der Waals surface area contributed by atoms with Gasteiger partial charge in [-0.3, -0.25) is 9.59 Å². The predicted molar refractivity (Wildman–Crippen MR) is 73.6 cm³/mol. The van der Waals surface area contributed by atoms with E-state index in [9.17, 15) is 18.4 Å². The molecule has 0 amide bonds. The normalized spacial score (nSPS) is 9.40. The molecule has 0 aliphatic rings. The Morgan fingerprint density at radius 1 is 0.900 bits per heavy atom. The average molecular weight is 317 g/mol. The van der Waals surface area contributed by atoms with Gasteiger partial charge in [0.2, 0.25) is 0 Å². The van der Waals surface area contributed by atoms with Crippen LogP contribution in [-0.4, -0.2) is 12.6 Å². The molecule has 0 saturated heterocycles. The van der Waals surface area contributed by atoms with Crippen LogP contribution in [0.25, 0.3) is 0 Å². The molecule has 6 heteroatoms. The monoisotopic (exact) mass is 316 g/mol. The lowest BCUT2D eigenvalue weighted by molar-refractivity contribution is 0.111. The van der Waals surface area contributed by atoms with Gasteiger partial charge >= 0.3 is 0 Å². The first-order valence-electron chi connectivity index (χ1n) is 5.29. The van der Waals surface area contributed by atoms with Crippen molar-refractivity contribution in [1.29, 1.82) is 0 Å². The van der Waals surface area contributed by atoms with Gasteiger partial charge in [-0.1, -0.05) is 35.3 Å². The van der Waals surface area contributed by atoms with Gasteiger partial charge in [0.05, 0.1) is 15.6 Å². The van der Waals surface area contributed by atoms with E-state index < -0.39 is 11.6 Å². The van der Waals surface area contributed by atoms with E-state index in [1.54, 1.807) is 18.2 Å². The third kappa shape index (κ3) is 4.40. The molecule has 0 unspecified atom stereocenters. The van der Waals surface area contributed by atoms with Crippen LogP contribution >= 0.6 is 23.2 Å². The van der Waals surface area contributed by atoms with Crippen molar-refractivity contribution >= 4 is 35.8 Å². The van der Waals surface area contributed by atoms with Gasteiger partial charge in [-0.25, -0.2) is 8.78 Å². The van der Waals surface area contributed by atoms with Crippen molar-refractivity contribution in [2.45, 2.75) is 0 Å². The van der Waals surface area contributed by atoms with Crippen LogP contribution in [0, 0.1) is 11.6 Å². The summed E-state index contributed by atoms with van der Waals surface area (Å²) in [6, 6.07) is 7.65. The molecule has 0 atom stereocenters. The minimum absolute atomic E-state index is 0.250. The second-order valence-corrected chi connectivity index (χ2v) is 4.33. The Morgan fingerprint density at radius 3 is 2.05 bits per heavy atom. The summed E-state index contributed by atoms with van der Waals surface area (Å²) in [6.07, 6.45) is 0.951. The van der Waals surface area contributed by atoms with Gasteiger partial charge in [-0.2, -0.15) is 0 Å². The Bertz CT molecular complexity index is 625. The van der Waals surface area contributed by atoms with Gasteiger partial charge in [0.15, 0.2) is 12.6 Å². The molecule has 2 rings (SSSR count). The van der Waals surface area contributed by atoms with Crippen LogP contribution in [0.15, 0.2) is 36.4 Å². The molecule has 0 N–H and O–H groups in total. The standard InChI is InChI=1S/C7H4Cl2O.C7H4F2O/c8-6-3-1-2-5(4-10)7(6)9;8-6-1-2-7(9)5(3-6)4-10/h2*1-4H. The largest absolute Gasteiger partial charge is 0.298 e. The van der Waals surface area contributed by atoms with Crippen molar-refractivity contribution in [3.63, 3.8) is 0 Å². The van der Waals surface area contributed by atoms with Gasteiger partial charge in [-0.15, -0.1) is 0 Å². The highest BCUT2D eigenvalue weighted by atomic mass is 35.5. The number of carbonyl (C=O) groups excluding carboxylic acids is 2. The molecule has 0 spiro atoms. The van der Waals surface area contributed by atoms with Crippen molar-refractivity contribution in [3.05, 3.63) is 69.2 Å². The number of carbonyl (C=O) groups is 2. The second kappa shape index (κ2) is 7.72. The topological polar surface area (TPSA) is 34.1 Å². The van der Waals surface area contributed by atoms with E-state index in [1.165, 1.54) is 0 Å². The van der Waals surface area contributed by atoms with Crippen molar-refractivity contribution < 1.29 is 18.4 Å². The number of hydrogen-bond donors (Lipinski definition) is 0. The maximum absolute atomic E-state index is 12.4. The van der Waals surface area contributed by atoms with Gasteiger partial charge < -0.3 is 0 Å². The molecular weight excluding hydrogens is 309 g/mol. The first-order chi connectivity index (χ1) is 9.49. The lowest BCUT2D eigenvalue weighted by atomic mass is 10.2. The van der Waals surface area contributed by atoms with E-state index >= 15 is 0 Å². The number of benzene rings is 2. The summed E-state index contributed by atoms with van der Waals surface area (Å²) < 4.78 is 24.6. The Balaban J connectivity index is 0.000000200. The maximum atomic E-state index is 12.4. The zero-order valence-corrected chi connectivity index (χ0v) is 11.5. The summed E-state index contributed by atoms with van der Waals surface area (Å²) in [4.78, 5) is 20.2. The fraction of sp³-hybridized carbons (Fsp3) is 0. The number of aldehydes is 2. The van der Waals surface area contributed by atoms with Crippen LogP contribution in [0.2, 0.25) is 10.0 Å². The first-order valence-corrected chi connectivity index (χ1v) is 6.04. The molecule has 20 heavy (non-hydrogen) atoms. The summed E-state index contributed by atoms with van der Waals surface area (Å²) in [7, 11) is 0. The van der Waals surface area contributed by atoms with Crippen LogP contribution < -0.4 is 0 Å². The van der Waals surface area contributed by atoms with Crippen LogP contribution in [-0.2, 0) is 0 Å². The van der Waals surface area contributed by atoms with Crippen LogP contribution in [0.4, 0.5) is 8.78 Å². The molecule has 0 fully saturated rings. The number of hydrogen-bond acceptors (Lipinski definition) is 2. The Morgan fingerprint density at radius 2 is 1.55 bits per heavy atom. The molecule has 2 nitrogen and oxygen atoms in total. The zero-order valence-electron chi connectivity index (χ0n) is 9.95. The SMILES string of the molecule is O=Cc1cc(F)ccc1F.O=Cc1cccc(Cl)c1Cl. The molecule has 0 saturated carbocycles. The third-order valence-corrected chi connectivity index (χ3v) is 3.03. The van der Waals surface area contributed by atoms with E-state index in [1.807, 2.05) is 0 Å². The highest BCUT2D eigenvalue weighted by Crippen LogP contribution is 2.23. The van der Waals surface area contributed by atoms with Crippen molar-refractivity contribution in [2.24, 2.45) is 0 Å². The quantitative estimate of drug-likeness (QED) is 0.760. The lowest BCUT2D eigenvalue weighted by Crippen LogP contribution is -1.87. The average Bonchev–Trinajstić information content (AvgIpc) is 2.45. The summed E-state index contributed by atoms with van der Waals surface area (Å²) >= 11 is 11.2. The van der Waals surface area contributed by atoms with E-state index in [0.717, 1.165) is 18.2 Å². The summed E-state index contributed by atoms with van der Waals surface area (Å²) in [5.74, 6) is -1.31. The molecular formula is C14H8Cl2F2O2. The Hall–Kier alpha value is -1.78. The Labute approximate surface area is 123 Å². The minimum atomic E-state index is -0.698. The fourth-order valence-electron chi connectivity index (χ4n) is 1.22. The molecule has 0 aliphatic heterocycles. The van der Waals surface area contributed by atoms with Crippen LogP contribution in [0.1, 0.15) is 20.7 Å². The molecule has 0 aliphatic carbocycles. The Kier molecular flexibility index (Phi) is 6.28. The predicted octanol–water partition coefficient (Wildman–Crippen LogP) is 4.58. The summed E-state index contributed by atoms with van der Waals surface area (Å²) in [6.45, 7) is 0. The highest BCUT2D eigenvalue weighted by Gasteiger charge is 2.01. The number of rotatable bonds is 2. The minimum Gasteiger partial charge on any atom is -0.298 e. The van der Waals surface area contributed by atoms with Gasteiger partial charge in [-0.05, 0) is 24.3 Å². The zero-order chi connectivity index (χ0) is 15.1. The lowest BCUT2D eigenvalue weighted by Gasteiger charge is -1.95. The number of halogens is 4. The molecule has 0 bridgehead atoms. The van der Waals surface area contributed by atoms with Gasteiger partial charge in [0.25, 0.3) is 0 Å². The summed E-state index contributed by atoms with van der Waals surface area (Å²) in [5, 5.41) is 0.727.